The number of anilines is 2. The summed E-state index contributed by atoms with van der Waals surface area (Å²) in [6.07, 6.45) is 6.18. The molecule has 0 spiro atoms. The monoisotopic (exact) mass is 261 g/mol. The molecule has 1 atom stereocenters. The van der Waals surface area contributed by atoms with E-state index in [2.05, 4.69) is 27.1 Å². The van der Waals surface area contributed by atoms with Crippen LogP contribution in [0.3, 0.4) is 0 Å². The van der Waals surface area contributed by atoms with Crippen molar-refractivity contribution in [1.82, 2.24) is 14.9 Å². The Labute approximate surface area is 114 Å². The van der Waals surface area contributed by atoms with Gasteiger partial charge in [-0.15, -0.1) is 0 Å². The second-order valence-electron chi connectivity index (χ2n) is 5.72. The minimum atomic E-state index is 0.521. The highest BCUT2D eigenvalue weighted by Gasteiger charge is 2.34. The van der Waals surface area contributed by atoms with Gasteiger partial charge < -0.3 is 16.0 Å². The van der Waals surface area contributed by atoms with Gasteiger partial charge in [0.2, 0.25) is 0 Å². The summed E-state index contributed by atoms with van der Waals surface area (Å²) in [7, 11) is 0. The second-order valence-corrected chi connectivity index (χ2v) is 5.72. The summed E-state index contributed by atoms with van der Waals surface area (Å²) in [4.78, 5) is 11.1. The number of nitrogens with one attached hydrogen (secondary N) is 1. The van der Waals surface area contributed by atoms with Crippen molar-refractivity contribution >= 4 is 11.6 Å². The van der Waals surface area contributed by atoms with Gasteiger partial charge in [-0.25, -0.2) is 9.97 Å². The Morgan fingerprint density at radius 2 is 2.16 bits per heavy atom. The summed E-state index contributed by atoms with van der Waals surface area (Å²) in [5, 5.41) is 3.63. The first-order chi connectivity index (χ1) is 9.28. The number of hydrogen-bond donors (Lipinski definition) is 2. The van der Waals surface area contributed by atoms with Crippen molar-refractivity contribution in [3.05, 3.63) is 11.9 Å². The predicted molar refractivity (Wildman–Crippen MR) is 77.0 cm³/mol. The third kappa shape index (κ3) is 2.52. The van der Waals surface area contributed by atoms with E-state index in [1.54, 1.807) is 6.33 Å². The van der Waals surface area contributed by atoms with Crippen LogP contribution in [-0.4, -0.2) is 40.5 Å². The van der Waals surface area contributed by atoms with Crippen LogP contribution in [0.1, 0.15) is 31.7 Å². The third-order valence-electron chi connectivity index (χ3n) is 4.46. The quantitative estimate of drug-likeness (QED) is 0.860. The molecule has 0 aliphatic carbocycles. The van der Waals surface area contributed by atoms with Crippen LogP contribution in [0.15, 0.2) is 6.33 Å². The first kappa shape index (κ1) is 12.7. The van der Waals surface area contributed by atoms with Crippen LogP contribution in [0.25, 0.3) is 0 Å². The van der Waals surface area contributed by atoms with Crippen molar-refractivity contribution in [2.45, 2.75) is 38.6 Å². The Morgan fingerprint density at radius 1 is 1.37 bits per heavy atom. The van der Waals surface area contributed by atoms with Crippen molar-refractivity contribution in [1.29, 1.82) is 0 Å². The fourth-order valence-electron chi connectivity index (χ4n) is 3.35. The molecule has 1 aromatic heterocycles. The molecule has 104 valence electrons. The largest absolute Gasteiger partial charge is 0.383 e. The van der Waals surface area contributed by atoms with Crippen molar-refractivity contribution < 1.29 is 0 Å². The van der Waals surface area contributed by atoms with Crippen LogP contribution < -0.4 is 11.1 Å². The summed E-state index contributed by atoms with van der Waals surface area (Å²) in [6.45, 7) is 5.82. The van der Waals surface area contributed by atoms with E-state index in [-0.39, 0.29) is 0 Å². The highest BCUT2D eigenvalue weighted by atomic mass is 15.2. The fraction of sp³-hybridized carbons (Fsp3) is 0.714. The normalized spacial score (nSPS) is 29.4. The topological polar surface area (TPSA) is 67.1 Å². The van der Waals surface area contributed by atoms with E-state index >= 15 is 0 Å². The first-order valence-electron chi connectivity index (χ1n) is 7.36. The molecule has 2 bridgehead atoms. The van der Waals surface area contributed by atoms with E-state index in [1.165, 1.54) is 25.9 Å². The molecule has 0 radical (unpaired) electrons. The SMILES string of the molecule is CCCc1c(N)ncnc1NC1CN2CCC1CC2. The number of nitrogens with two attached hydrogens (primary N) is 1. The maximum Gasteiger partial charge on any atom is 0.134 e. The van der Waals surface area contributed by atoms with Gasteiger partial charge in [0.1, 0.15) is 18.0 Å². The Kier molecular flexibility index (Phi) is 3.55. The van der Waals surface area contributed by atoms with Crippen molar-refractivity contribution in [3.63, 3.8) is 0 Å². The molecule has 1 aromatic rings. The van der Waals surface area contributed by atoms with Crippen LogP contribution in [0, 0.1) is 5.92 Å². The molecule has 5 nitrogen and oxygen atoms in total. The molecule has 3 fully saturated rings. The number of rotatable bonds is 4. The van der Waals surface area contributed by atoms with Gasteiger partial charge in [-0.1, -0.05) is 13.3 Å². The maximum atomic E-state index is 5.99. The average molecular weight is 261 g/mol. The van der Waals surface area contributed by atoms with Gasteiger partial charge >= 0.3 is 0 Å². The van der Waals surface area contributed by atoms with Crippen LogP contribution in [0.5, 0.6) is 0 Å². The highest BCUT2D eigenvalue weighted by molar-refractivity contribution is 5.55. The summed E-state index contributed by atoms with van der Waals surface area (Å²) in [5.41, 5.74) is 7.07. The van der Waals surface area contributed by atoms with Gasteiger partial charge in [-0.2, -0.15) is 0 Å². The minimum Gasteiger partial charge on any atom is -0.383 e. The number of nitrogen functional groups attached to an aromatic ring is 1. The minimum absolute atomic E-state index is 0.521. The zero-order chi connectivity index (χ0) is 13.2. The third-order valence-corrected chi connectivity index (χ3v) is 4.46. The maximum absolute atomic E-state index is 5.99. The molecule has 1 unspecified atom stereocenters. The molecule has 3 aliphatic rings. The van der Waals surface area contributed by atoms with E-state index in [9.17, 15) is 0 Å². The van der Waals surface area contributed by atoms with Gasteiger partial charge in [0.25, 0.3) is 0 Å². The lowest BCUT2D eigenvalue weighted by Crippen LogP contribution is -2.53. The van der Waals surface area contributed by atoms with E-state index in [0.717, 1.165) is 36.7 Å². The summed E-state index contributed by atoms with van der Waals surface area (Å²) in [5.74, 6) is 2.37. The molecule has 5 heteroatoms. The fourth-order valence-corrected chi connectivity index (χ4v) is 3.35. The summed E-state index contributed by atoms with van der Waals surface area (Å²) < 4.78 is 0. The van der Waals surface area contributed by atoms with Crippen LogP contribution in [-0.2, 0) is 6.42 Å². The van der Waals surface area contributed by atoms with Crippen LogP contribution in [0.2, 0.25) is 0 Å². The van der Waals surface area contributed by atoms with Crippen LogP contribution in [0.4, 0.5) is 11.6 Å². The van der Waals surface area contributed by atoms with Crippen LogP contribution >= 0.6 is 0 Å². The van der Waals surface area contributed by atoms with Gasteiger partial charge in [-0.3, -0.25) is 0 Å². The molecule has 0 amide bonds. The van der Waals surface area contributed by atoms with E-state index in [4.69, 9.17) is 5.73 Å². The zero-order valence-corrected chi connectivity index (χ0v) is 11.6. The predicted octanol–water partition coefficient (Wildman–Crippen LogP) is 1.52. The second kappa shape index (κ2) is 5.33. The van der Waals surface area contributed by atoms with Gasteiger partial charge in [0, 0.05) is 18.2 Å². The molecule has 3 N–H and O–H groups in total. The van der Waals surface area contributed by atoms with Crippen molar-refractivity contribution in [2.75, 3.05) is 30.7 Å². The molecule has 0 aromatic carbocycles. The molecule has 19 heavy (non-hydrogen) atoms. The molecular formula is C14H23N5. The number of piperidine rings is 3. The lowest BCUT2D eigenvalue weighted by atomic mass is 9.84. The Bertz CT molecular complexity index is 439. The highest BCUT2D eigenvalue weighted by Crippen LogP contribution is 2.30. The van der Waals surface area contributed by atoms with E-state index in [0.29, 0.717) is 11.9 Å². The Balaban J connectivity index is 1.77. The molecule has 4 heterocycles. The Morgan fingerprint density at radius 3 is 2.79 bits per heavy atom. The van der Waals surface area contributed by atoms with E-state index in [1.807, 2.05) is 0 Å². The lowest BCUT2D eigenvalue weighted by molar-refractivity contribution is 0.0973. The summed E-state index contributed by atoms with van der Waals surface area (Å²) in [6, 6.07) is 0.521. The smallest absolute Gasteiger partial charge is 0.134 e. The lowest BCUT2D eigenvalue weighted by Gasteiger charge is -2.45. The molecule has 3 saturated heterocycles. The van der Waals surface area contributed by atoms with Crippen molar-refractivity contribution in [3.8, 4) is 0 Å². The van der Waals surface area contributed by atoms with Gasteiger partial charge in [0.15, 0.2) is 0 Å². The first-order valence-corrected chi connectivity index (χ1v) is 7.36. The summed E-state index contributed by atoms with van der Waals surface area (Å²) >= 11 is 0. The molecule has 4 rings (SSSR count). The molecular weight excluding hydrogens is 238 g/mol. The van der Waals surface area contributed by atoms with Gasteiger partial charge in [0.05, 0.1) is 0 Å². The number of nitrogens with zero attached hydrogens (tertiary/aromatic N) is 3. The molecule has 3 aliphatic heterocycles. The molecule has 0 saturated carbocycles. The number of fused-ring (bicyclic) bond motifs is 3. The zero-order valence-electron chi connectivity index (χ0n) is 11.6. The van der Waals surface area contributed by atoms with Crippen molar-refractivity contribution in [2.24, 2.45) is 5.92 Å². The van der Waals surface area contributed by atoms with Gasteiger partial charge in [-0.05, 0) is 38.3 Å². The number of hydrogen-bond acceptors (Lipinski definition) is 5. The van der Waals surface area contributed by atoms with E-state index < -0.39 is 0 Å². The standard InChI is InChI=1S/C14H23N5/c1-2-3-11-13(15)16-9-17-14(11)18-12-8-19-6-4-10(12)5-7-19/h9-10,12H,2-8H2,1H3,(H3,15,16,17,18). The average Bonchev–Trinajstić information content (AvgIpc) is 2.44. The number of aromatic nitrogens is 2. The Hall–Kier alpha value is -1.36.